The number of carbonyl (C=O) groups excluding carboxylic acids is 1. The maximum absolute atomic E-state index is 12.5. The van der Waals surface area contributed by atoms with Gasteiger partial charge in [-0.3, -0.25) is 9.69 Å². The quantitative estimate of drug-likeness (QED) is 0.821. The number of benzene rings is 2. The topological polar surface area (TPSA) is 55.8 Å². The zero-order valence-electron chi connectivity index (χ0n) is 14.2. The van der Waals surface area contributed by atoms with E-state index in [4.69, 9.17) is 0 Å². The molecule has 1 unspecified atom stereocenters. The Hall–Kier alpha value is -2.05. The van der Waals surface area contributed by atoms with E-state index in [1.165, 1.54) is 0 Å². The van der Waals surface area contributed by atoms with E-state index >= 15 is 0 Å². The van der Waals surface area contributed by atoms with Crippen molar-refractivity contribution in [3.8, 4) is 5.75 Å². The number of piperazine rings is 1. The number of phenolic OH excluding ortho intramolecular Hbond substituents is 1. The van der Waals surface area contributed by atoms with Crippen LogP contribution in [-0.2, 0) is 4.79 Å². The number of anilines is 2. The van der Waals surface area contributed by atoms with Gasteiger partial charge in [0.25, 0.3) is 0 Å². The van der Waals surface area contributed by atoms with E-state index in [-0.39, 0.29) is 11.9 Å². The van der Waals surface area contributed by atoms with Crippen molar-refractivity contribution in [1.82, 2.24) is 4.90 Å². The molecule has 0 bridgehead atoms. The third-order valence-corrected chi connectivity index (χ3v) is 5.10. The van der Waals surface area contributed by atoms with Gasteiger partial charge in [0.05, 0.1) is 11.7 Å². The lowest BCUT2D eigenvalue weighted by Gasteiger charge is -2.38. The number of carbonyl (C=O) groups is 1. The molecule has 0 radical (unpaired) electrons. The molecule has 1 aliphatic heterocycles. The summed E-state index contributed by atoms with van der Waals surface area (Å²) < 4.78 is 0.985. The lowest BCUT2D eigenvalue weighted by molar-refractivity contribution is -0.120. The Morgan fingerprint density at radius 3 is 2.36 bits per heavy atom. The molecule has 5 nitrogen and oxygen atoms in total. The molecule has 1 fully saturated rings. The van der Waals surface area contributed by atoms with Crippen molar-refractivity contribution in [2.45, 2.75) is 13.0 Å². The summed E-state index contributed by atoms with van der Waals surface area (Å²) in [6, 6.07) is 14.8. The third-order valence-electron chi connectivity index (χ3n) is 4.58. The van der Waals surface area contributed by atoms with Gasteiger partial charge < -0.3 is 15.3 Å². The number of para-hydroxylation sites is 2. The summed E-state index contributed by atoms with van der Waals surface area (Å²) in [6.45, 7) is 5.07. The fourth-order valence-electron chi connectivity index (χ4n) is 3.03. The van der Waals surface area contributed by atoms with Crippen LogP contribution in [0.1, 0.15) is 6.92 Å². The lowest BCUT2D eigenvalue weighted by Crippen LogP contribution is -2.52. The molecule has 1 amide bonds. The van der Waals surface area contributed by atoms with Crippen LogP contribution in [0.4, 0.5) is 11.4 Å². The van der Waals surface area contributed by atoms with Crippen molar-refractivity contribution in [2.24, 2.45) is 0 Å². The molecule has 1 heterocycles. The largest absolute Gasteiger partial charge is 0.506 e. The summed E-state index contributed by atoms with van der Waals surface area (Å²) in [5.41, 5.74) is 1.65. The number of hydrogen-bond acceptors (Lipinski definition) is 4. The normalized spacial score (nSPS) is 16.5. The zero-order valence-corrected chi connectivity index (χ0v) is 15.7. The molecule has 2 aromatic rings. The van der Waals surface area contributed by atoms with Gasteiger partial charge in [-0.1, -0.05) is 28.1 Å². The highest BCUT2D eigenvalue weighted by molar-refractivity contribution is 9.10. The molecule has 1 atom stereocenters. The average Bonchev–Trinajstić information content (AvgIpc) is 2.63. The second-order valence-electron chi connectivity index (χ2n) is 6.18. The number of amides is 1. The van der Waals surface area contributed by atoms with Gasteiger partial charge in [0.2, 0.25) is 5.91 Å². The molecule has 0 aromatic heterocycles. The van der Waals surface area contributed by atoms with Crippen LogP contribution in [0.3, 0.4) is 0 Å². The van der Waals surface area contributed by atoms with E-state index in [2.05, 4.69) is 31.0 Å². The van der Waals surface area contributed by atoms with E-state index in [0.717, 1.165) is 42.0 Å². The van der Waals surface area contributed by atoms with E-state index in [1.807, 2.05) is 49.4 Å². The van der Waals surface area contributed by atoms with Crippen LogP contribution < -0.4 is 10.2 Å². The van der Waals surface area contributed by atoms with Crippen LogP contribution in [-0.4, -0.2) is 48.1 Å². The van der Waals surface area contributed by atoms with Crippen molar-refractivity contribution in [3.63, 3.8) is 0 Å². The molecule has 3 rings (SSSR count). The molecule has 0 spiro atoms. The Labute approximate surface area is 156 Å². The molecule has 6 heteroatoms. The second kappa shape index (κ2) is 7.89. The van der Waals surface area contributed by atoms with Crippen LogP contribution >= 0.6 is 15.9 Å². The van der Waals surface area contributed by atoms with Crippen molar-refractivity contribution in [2.75, 3.05) is 36.4 Å². The van der Waals surface area contributed by atoms with Crippen LogP contribution in [0.15, 0.2) is 53.0 Å². The molecule has 132 valence electrons. The minimum atomic E-state index is -0.199. The standard InChI is InChI=1S/C19H22BrN3O2/c1-14(19(25)21-16-8-6-15(20)7-9-16)22-10-12-23(13-11-22)17-4-2-3-5-18(17)24/h2-9,14,24H,10-13H2,1H3,(H,21,25). The number of nitrogens with one attached hydrogen (secondary N) is 1. The summed E-state index contributed by atoms with van der Waals surface area (Å²) in [6.07, 6.45) is 0. The van der Waals surface area contributed by atoms with Gasteiger partial charge in [-0.25, -0.2) is 0 Å². The van der Waals surface area contributed by atoms with Crippen LogP contribution in [0, 0.1) is 0 Å². The minimum Gasteiger partial charge on any atom is -0.506 e. The molecule has 1 aliphatic rings. The molecular weight excluding hydrogens is 382 g/mol. The van der Waals surface area contributed by atoms with Crippen molar-refractivity contribution in [3.05, 3.63) is 53.0 Å². The number of nitrogens with zero attached hydrogens (tertiary/aromatic N) is 2. The van der Waals surface area contributed by atoms with Crippen molar-refractivity contribution in [1.29, 1.82) is 0 Å². The lowest BCUT2D eigenvalue weighted by atomic mass is 10.2. The molecule has 1 saturated heterocycles. The van der Waals surface area contributed by atoms with Gasteiger partial charge in [0.15, 0.2) is 0 Å². The summed E-state index contributed by atoms with van der Waals surface area (Å²) in [4.78, 5) is 16.8. The summed E-state index contributed by atoms with van der Waals surface area (Å²) in [5, 5.41) is 13.0. The fourth-order valence-corrected chi connectivity index (χ4v) is 3.29. The molecular formula is C19H22BrN3O2. The zero-order chi connectivity index (χ0) is 17.8. The Morgan fingerprint density at radius 2 is 1.72 bits per heavy atom. The second-order valence-corrected chi connectivity index (χ2v) is 7.10. The molecule has 2 aromatic carbocycles. The van der Waals surface area contributed by atoms with E-state index in [0.29, 0.717) is 5.75 Å². The van der Waals surface area contributed by atoms with Gasteiger partial charge in [-0.05, 0) is 43.3 Å². The van der Waals surface area contributed by atoms with E-state index in [9.17, 15) is 9.90 Å². The minimum absolute atomic E-state index is 0.00155. The monoisotopic (exact) mass is 403 g/mol. The first-order valence-electron chi connectivity index (χ1n) is 8.38. The Morgan fingerprint density at radius 1 is 1.08 bits per heavy atom. The van der Waals surface area contributed by atoms with Crippen molar-refractivity contribution >= 4 is 33.2 Å². The number of rotatable bonds is 4. The van der Waals surface area contributed by atoms with Gasteiger partial charge >= 0.3 is 0 Å². The highest BCUT2D eigenvalue weighted by atomic mass is 79.9. The SMILES string of the molecule is CC(C(=O)Nc1ccc(Br)cc1)N1CCN(c2ccccc2O)CC1. The Kier molecular flexibility index (Phi) is 5.60. The number of halogens is 1. The first kappa shape index (κ1) is 17.8. The maximum atomic E-state index is 12.5. The maximum Gasteiger partial charge on any atom is 0.241 e. The van der Waals surface area contributed by atoms with Gasteiger partial charge in [-0.15, -0.1) is 0 Å². The van der Waals surface area contributed by atoms with Gasteiger partial charge in [0.1, 0.15) is 5.75 Å². The Balaban J connectivity index is 1.56. The van der Waals surface area contributed by atoms with Crippen LogP contribution in [0.2, 0.25) is 0 Å². The highest BCUT2D eigenvalue weighted by Crippen LogP contribution is 2.27. The fraction of sp³-hybridized carbons (Fsp3) is 0.316. The number of phenols is 1. The van der Waals surface area contributed by atoms with Crippen LogP contribution in [0.5, 0.6) is 5.75 Å². The summed E-state index contributed by atoms with van der Waals surface area (Å²) in [5.74, 6) is 0.301. The number of hydrogen-bond donors (Lipinski definition) is 2. The predicted octanol–water partition coefficient (Wildman–Crippen LogP) is 3.30. The molecule has 0 aliphatic carbocycles. The highest BCUT2D eigenvalue weighted by Gasteiger charge is 2.26. The van der Waals surface area contributed by atoms with E-state index in [1.54, 1.807) is 6.07 Å². The predicted molar refractivity (Wildman–Crippen MR) is 104 cm³/mol. The molecule has 2 N–H and O–H groups in total. The van der Waals surface area contributed by atoms with Crippen LogP contribution in [0.25, 0.3) is 0 Å². The molecule has 0 saturated carbocycles. The van der Waals surface area contributed by atoms with Crippen molar-refractivity contribution < 1.29 is 9.90 Å². The average molecular weight is 404 g/mol. The summed E-state index contributed by atoms with van der Waals surface area (Å²) in [7, 11) is 0. The van der Waals surface area contributed by atoms with Gasteiger partial charge in [0, 0.05) is 36.3 Å². The first-order valence-corrected chi connectivity index (χ1v) is 9.17. The summed E-state index contributed by atoms with van der Waals surface area (Å²) >= 11 is 3.39. The number of aromatic hydroxyl groups is 1. The van der Waals surface area contributed by atoms with E-state index < -0.39 is 0 Å². The Bertz CT molecular complexity index is 728. The third kappa shape index (κ3) is 4.32. The first-order chi connectivity index (χ1) is 12.0. The van der Waals surface area contributed by atoms with Gasteiger partial charge in [-0.2, -0.15) is 0 Å². The molecule has 25 heavy (non-hydrogen) atoms. The smallest absolute Gasteiger partial charge is 0.241 e.